The van der Waals surface area contributed by atoms with Crippen molar-refractivity contribution in [2.24, 2.45) is 0 Å². The zero-order valence-corrected chi connectivity index (χ0v) is 12.1. The SMILES string of the molecule is CNCCn1nnnc1SCC1Cc2ccccc2O1. The number of aromatic nitrogens is 4. The van der Waals surface area contributed by atoms with E-state index in [-0.39, 0.29) is 6.10 Å². The van der Waals surface area contributed by atoms with Crippen LogP contribution in [0.15, 0.2) is 29.4 Å². The highest BCUT2D eigenvalue weighted by Gasteiger charge is 2.23. The molecule has 1 aliphatic heterocycles. The van der Waals surface area contributed by atoms with Gasteiger partial charge in [-0.05, 0) is 29.1 Å². The number of benzene rings is 1. The average Bonchev–Trinajstić information content (AvgIpc) is 3.08. The van der Waals surface area contributed by atoms with Crippen molar-refractivity contribution in [1.82, 2.24) is 25.5 Å². The smallest absolute Gasteiger partial charge is 0.209 e. The number of nitrogens with one attached hydrogen (secondary N) is 1. The molecule has 0 fully saturated rings. The Kier molecular flexibility index (Phi) is 4.17. The topological polar surface area (TPSA) is 64.9 Å². The summed E-state index contributed by atoms with van der Waals surface area (Å²) < 4.78 is 7.74. The van der Waals surface area contributed by atoms with Crippen LogP contribution in [-0.2, 0) is 13.0 Å². The van der Waals surface area contributed by atoms with Gasteiger partial charge in [0, 0.05) is 18.7 Å². The fraction of sp³-hybridized carbons (Fsp3) is 0.462. The number of thioether (sulfide) groups is 1. The van der Waals surface area contributed by atoms with E-state index >= 15 is 0 Å². The van der Waals surface area contributed by atoms with Crippen LogP contribution in [0, 0.1) is 0 Å². The van der Waals surface area contributed by atoms with Gasteiger partial charge in [0.2, 0.25) is 5.16 Å². The Morgan fingerprint density at radius 1 is 1.45 bits per heavy atom. The lowest BCUT2D eigenvalue weighted by atomic mass is 10.1. The fourth-order valence-corrected chi connectivity index (χ4v) is 3.06. The molecule has 20 heavy (non-hydrogen) atoms. The lowest BCUT2D eigenvalue weighted by Gasteiger charge is -2.09. The van der Waals surface area contributed by atoms with Crippen molar-refractivity contribution in [3.8, 4) is 5.75 Å². The van der Waals surface area contributed by atoms with Crippen molar-refractivity contribution in [1.29, 1.82) is 0 Å². The minimum absolute atomic E-state index is 0.201. The summed E-state index contributed by atoms with van der Waals surface area (Å²) in [5.41, 5.74) is 1.29. The van der Waals surface area contributed by atoms with Crippen molar-refractivity contribution in [2.75, 3.05) is 19.3 Å². The average molecular weight is 291 g/mol. The van der Waals surface area contributed by atoms with Crippen molar-refractivity contribution in [3.63, 3.8) is 0 Å². The van der Waals surface area contributed by atoms with Gasteiger partial charge in [-0.25, -0.2) is 4.68 Å². The second-order valence-electron chi connectivity index (χ2n) is 4.65. The zero-order chi connectivity index (χ0) is 13.8. The van der Waals surface area contributed by atoms with E-state index in [1.807, 2.05) is 23.9 Å². The van der Waals surface area contributed by atoms with Gasteiger partial charge in [-0.3, -0.25) is 0 Å². The summed E-state index contributed by atoms with van der Waals surface area (Å²) in [5.74, 6) is 1.86. The number of hydrogen-bond acceptors (Lipinski definition) is 6. The van der Waals surface area contributed by atoms with E-state index in [0.29, 0.717) is 0 Å². The third-order valence-corrected chi connectivity index (χ3v) is 4.27. The summed E-state index contributed by atoms with van der Waals surface area (Å²) in [6, 6.07) is 8.20. The lowest BCUT2D eigenvalue weighted by Crippen LogP contribution is -2.18. The van der Waals surface area contributed by atoms with E-state index in [4.69, 9.17) is 4.74 Å². The van der Waals surface area contributed by atoms with Crippen molar-refractivity contribution in [2.45, 2.75) is 24.2 Å². The monoisotopic (exact) mass is 291 g/mol. The summed E-state index contributed by atoms with van der Waals surface area (Å²) in [4.78, 5) is 0. The molecule has 7 heteroatoms. The number of para-hydroxylation sites is 1. The molecule has 0 saturated heterocycles. The third kappa shape index (κ3) is 2.94. The van der Waals surface area contributed by atoms with Crippen LogP contribution in [0.1, 0.15) is 5.56 Å². The molecule has 0 aliphatic carbocycles. The normalized spacial score (nSPS) is 16.9. The molecule has 1 aliphatic rings. The van der Waals surface area contributed by atoms with Crippen LogP contribution < -0.4 is 10.1 Å². The predicted octanol–water partition coefficient (Wildman–Crippen LogP) is 0.988. The van der Waals surface area contributed by atoms with E-state index in [0.717, 1.165) is 36.2 Å². The molecule has 1 atom stereocenters. The number of likely N-dealkylation sites (N-methyl/N-ethyl adjacent to an activating group) is 1. The largest absolute Gasteiger partial charge is 0.489 e. The van der Waals surface area contributed by atoms with Crippen LogP contribution in [0.5, 0.6) is 5.75 Å². The van der Waals surface area contributed by atoms with Gasteiger partial charge in [0.25, 0.3) is 0 Å². The summed E-state index contributed by atoms with van der Waals surface area (Å²) >= 11 is 1.65. The summed E-state index contributed by atoms with van der Waals surface area (Å²) in [6.07, 6.45) is 1.16. The van der Waals surface area contributed by atoms with E-state index in [1.54, 1.807) is 11.8 Å². The van der Waals surface area contributed by atoms with Crippen LogP contribution in [0.2, 0.25) is 0 Å². The van der Waals surface area contributed by atoms with Gasteiger partial charge in [0.1, 0.15) is 11.9 Å². The standard InChI is InChI=1S/C13H17N5OS/c1-14-6-7-18-13(15-16-17-18)20-9-11-8-10-4-2-3-5-12(10)19-11/h2-5,11,14H,6-9H2,1H3. The molecule has 1 aromatic carbocycles. The summed E-state index contributed by atoms with van der Waals surface area (Å²) in [5, 5.41) is 15.7. The van der Waals surface area contributed by atoms with Gasteiger partial charge in [0.15, 0.2) is 0 Å². The number of nitrogens with zero attached hydrogens (tertiary/aromatic N) is 4. The number of hydrogen-bond donors (Lipinski definition) is 1. The molecule has 2 heterocycles. The molecule has 2 aromatic rings. The Hall–Kier alpha value is -1.60. The van der Waals surface area contributed by atoms with E-state index in [2.05, 4.69) is 33.0 Å². The molecule has 1 aromatic heterocycles. The van der Waals surface area contributed by atoms with Crippen LogP contribution >= 0.6 is 11.8 Å². The molecule has 0 spiro atoms. The minimum atomic E-state index is 0.201. The van der Waals surface area contributed by atoms with Gasteiger partial charge in [-0.1, -0.05) is 30.0 Å². The number of rotatable bonds is 6. The molecule has 0 bridgehead atoms. The first-order valence-corrected chi connectivity index (χ1v) is 7.63. The molecule has 106 valence electrons. The Morgan fingerprint density at radius 3 is 3.20 bits per heavy atom. The van der Waals surface area contributed by atoms with Crippen LogP contribution in [-0.4, -0.2) is 45.7 Å². The third-order valence-electron chi connectivity index (χ3n) is 3.18. The second-order valence-corrected chi connectivity index (χ2v) is 5.64. The molecule has 1 N–H and O–H groups in total. The first kappa shape index (κ1) is 13.4. The maximum atomic E-state index is 5.92. The highest BCUT2D eigenvalue weighted by molar-refractivity contribution is 7.99. The lowest BCUT2D eigenvalue weighted by molar-refractivity contribution is 0.259. The highest BCUT2D eigenvalue weighted by atomic mass is 32.2. The Balaban J connectivity index is 1.55. The number of fused-ring (bicyclic) bond motifs is 1. The minimum Gasteiger partial charge on any atom is -0.489 e. The van der Waals surface area contributed by atoms with Crippen LogP contribution in [0.25, 0.3) is 0 Å². The molecule has 1 unspecified atom stereocenters. The fourth-order valence-electron chi connectivity index (χ4n) is 2.17. The Morgan fingerprint density at radius 2 is 2.35 bits per heavy atom. The van der Waals surface area contributed by atoms with Crippen LogP contribution in [0.4, 0.5) is 0 Å². The van der Waals surface area contributed by atoms with E-state index < -0.39 is 0 Å². The van der Waals surface area contributed by atoms with Gasteiger partial charge in [0.05, 0.1) is 6.54 Å². The molecular weight excluding hydrogens is 274 g/mol. The van der Waals surface area contributed by atoms with Gasteiger partial charge in [-0.15, -0.1) is 5.10 Å². The first-order chi connectivity index (χ1) is 9.86. The van der Waals surface area contributed by atoms with Gasteiger partial charge >= 0.3 is 0 Å². The maximum absolute atomic E-state index is 5.92. The number of tetrazole rings is 1. The number of ether oxygens (including phenoxy) is 1. The summed E-state index contributed by atoms with van der Waals surface area (Å²) in [6.45, 7) is 1.63. The molecular formula is C13H17N5OS. The molecule has 3 rings (SSSR count). The van der Waals surface area contributed by atoms with E-state index in [9.17, 15) is 0 Å². The maximum Gasteiger partial charge on any atom is 0.209 e. The second kappa shape index (κ2) is 6.23. The molecule has 6 nitrogen and oxygen atoms in total. The van der Waals surface area contributed by atoms with Crippen LogP contribution in [0.3, 0.4) is 0 Å². The highest BCUT2D eigenvalue weighted by Crippen LogP contribution is 2.30. The van der Waals surface area contributed by atoms with Crippen molar-refractivity contribution < 1.29 is 4.74 Å². The van der Waals surface area contributed by atoms with E-state index in [1.165, 1.54) is 5.56 Å². The quantitative estimate of drug-likeness (QED) is 0.801. The first-order valence-electron chi connectivity index (χ1n) is 6.65. The van der Waals surface area contributed by atoms with Crippen molar-refractivity contribution >= 4 is 11.8 Å². The van der Waals surface area contributed by atoms with Gasteiger partial charge < -0.3 is 10.1 Å². The van der Waals surface area contributed by atoms with Gasteiger partial charge in [-0.2, -0.15) is 0 Å². The molecule has 0 amide bonds. The van der Waals surface area contributed by atoms with Crippen molar-refractivity contribution in [3.05, 3.63) is 29.8 Å². The molecule has 0 radical (unpaired) electrons. The zero-order valence-electron chi connectivity index (χ0n) is 11.3. The summed E-state index contributed by atoms with van der Waals surface area (Å²) in [7, 11) is 1.92. The Labute approximate surface area is 121 Å². The predicted molar refractivity (Wildman–Crippen MR) is 77.0 cm³/mol. The molecule has 0 saturated carbocycles. The Bertz CT molecular complexity index is 548.